The van der Waals surface area contributed by atoms with Crippen molar-refractivity contribution in [2.24, 2.45) is 0 Å². The molecule has 3 aliphatic heterocycles. The maximum absolute atomic E-state index is 13.6. The Kier molecular flexibility index (Phi) is 6.35. The zero-order chi connectivity index (χ0) is 25.5. The standard InChI is InChI=1S/C26H24N4O5S2/c1-15-4-2-8-29-23(15)28-22(27-12-17-5-3-9-33-17)18(24(29)31)11-21-25(32)30(26(36)37-21)13-16-6-7-19-20(10-16)35-14-34-19/h2,4,6-8,10-11,17,27H,3,5,9,12-14H2,1H3/b21-11-/t17-/m0/s1. The number of nitrogens with zero attached hydrogens (tertiary/aromatic N) is 3. The summed E-state index contributed by atoms with van der Waals surface area (Å²) in [5.41, 5.74) is 2.36. The first kappa shape index (κ1) is 24.0. The van der Waals surface area contributed by atoms with Gasteiger partial charge in [0.25, 0.3) is 11.5 Å². The van der Waals surface area contributed by atoms with Crippen LogP contribution in [0.5, 0.6) is 11.5 Å². The Balaban J connectivity index is 1.33. The molecule has 3 aromatic rings. The molecule has 6 rings (SSSR count). The second-order valence-corrected chi connectivity index (χ2v) is 10.7. The van der Waals surface area contributed by atoms with Crippen molar-refractivity contribution in [1.29, 1.82) is 0 Å². The minimum atomic E-state index is -0.260. The van der Waals surface area contributed by atoms with Crippen molar-refractivity contribution in [2.45, 2.75) is 32.4 Å². The summed E-state index contributed by atoms with van der Waals surface area (Å²) >= 11 is 6.71. The molecule has 0 saturated carbocycles. The highest BCUT2D eigenvalue weighted by Crippen LogP contribution is 2.36. The van der Waals surface area contributed by atoms with Crippen LogP contribution in [-0.4, -0.2) is 50.6 Å². The van der Waals surface area contributed by atoms with E-state index >= 15 is 0 Å². The average Bonchev–Trinajstić information content (AvgIpc) is 3.63. The van der Waals surface area contributed by atoms with Gasteiger partial charge in [0.15, 0.2) is 11.5 Å². The molecule has 5 heterocycles. The highest BCUT2D eigenvalue weighted by Gasteiger charge is 2.33. The highest BCUT2D eigenvalue weighted by molar-refractivity contribution is 8.26. The van der Waals surface area contributed by atoms with Crippen LogP contribution in [0.25, 0.3) is 11.7 Å². The molecule has 37 heavy (non-hydrogen) atoms. The summed E-state index contributed by atoms with van der Waals surface area (Å²) in [6, 6.07) is 9.26. The fourth-order valence-corrected chi connectivity index (χ4v) is 5.82. The Morgan fingerprint density at radius 2 is 2.11 bits per heavy atom. The van der Waals surface area contributed by atoms with Gasteiger partial charge in [-0.15, -0.1) is 0 Å². The van der Waals surface area contributed by atoms with Crippen LogP contribution in [0.3, 0.4) is 0 Å². The van der Waals surface area contributed by atoms with Gasteiger partial charge >= 0.3 is 0 Å². The minimum absolute atomic E-state index is 0.0601. The molecule has 0 radical (unpaired) electrons. The van der Waals surface area contributed by atoms with Gasteiger partial charge in [-0.3, -0.25) is 18.9 Å². The highest BCUT2D eigenvalue weighted by atomic mass is 32.2. The summed E-state index contributed by atoms with van der Waals surface area (Å²) in [5.74, 6) is 1.49. The van der Waals surface area contributed by atoms with Crippen LogP contribution in [0.15, 0.2) is 46.2 Å². The number of aryl methyl sites for hydroxylation is 1. The van der Waals surface area contributed by atoms with Crippen molar-refractivity contribution in [3.8, 4) is 11.5 Å². The molecule has 1 aromatic carbocycles. The van der Waals surface area contributed by atoms with Crippen molar-refractivity contribution in [2.75, 3.05) is 25.3 Å². The third-order valence-electron chi connectivity index (χ3n) is 6.53. The van der Waals surface area contributed by atoms with Crippen LogP contribution < -0.4 is 20.3 Å². The third-order valence-corrected chi connectivity index (χ3v) is 7.91. The number of hydrogen-bond donors (Lipinski definition) is 1. The number of anilines is 1. The maximum Gasteiger partial charge on any atom is 0.267 e. The largest absolute Gasteiger partial charge is 0.454 e. The quantitative estimate of drug-likeness (QED) is 0.374. The number of nitrogens with one attached hydrogen (secondary N) is 1. The molecule has 11 heteroatoms. The van der Waals surface area contributed by atoms with Crippen LogP contribution in [0.1, 0.15) is 29.5 Å². The van der Waals surface area contributed by atoms with E-state index in [0.717, 1.165) is 30.6 Å². The smallest absolute Gasteiger partial charge is 0.267 e. The zero-order valence-electron chi connectivity index (χ0n) is 20.1. The number of carbonyl (C=O) groups is 1. The van der Waals surface area contributed by atoms with Crippen LogP contribution in [-0.2, 0) is 16.1 Å². The minimum Gasteiger partial charge on any atom is -0.454 e. The molecule has 1 N–H and O–H groups in total. The number of ether oxygens (including phenoxy) is 3. The number of aromatic nitrogens is 2. The fourth-order valence-electron chi connectivity index (χ4n) is 4.58. The second kappa shape index (κ2) is 9.81. The SMILES string of the molecule is Cc1cccn2c(=O)c(/C=C3\SC(=S)N(Cc4ccc5c(c4)OCO5)C3=O)c(NC[C@@H]3CCCO3)nc12. The Morgan fingerprint density at radius 3 is 2.95 bits per heavy atom. The third kappa shape index (κ3) is 4.58. The van der Waals surface area contributed by atoms with E-state index in [-0.39, 0.29) is 30.9 Å². The topological polar surface area (TPSA) is 94.4 Å². The maximum atomic E-state index is 13.6. The number of amides is 1. The lowest BCUT2D eigenvalue weighted by Gasteiger charge is -2.15. The van der Waals surface area contributed by atoms with E-state index in [1.54, 1.807) is 18.3 Å². The van der Waals surface area contributed by atoms with Gasteiger partial charge in [-0.05, 0) is 55.2 Å². The fraction of sp³-hybridized carbons (Fsp3) is 0.308. The summed E-state index contributed by atoms with van der Waals surface area (Å²) in [4.78, 5) is 33.6. The van der Waals surface area contributed by atoms with Gasteiger partial charge in [-0.2, -0.15) is 0 Å². The molecule has 2 aromatic heterocycles. The number of hydrogen-bond acceptors (Lipinski definition) is 9. The molecule has 2 saturated heterocycles. The number of benzene rings is 1. The summed E-state index contributed by atoms with van der Waals surface area (Å²) < 4.78 is 18.5. The van der Waals surface area contributed by atoms with E-state index in [0.29, 0.717) is 44.3 Å². The molecule has 2 fully saturated rings. The van der Waals surface area contributed by atoms with E-state index < -0.39 is 0 Å². The van der Waals surface area contributed by atoms with Crippen LogP contribution in [0.2, 0.25) is 0 Å². The Bertz CT molecular complexity index is 1510. The van der Waals surface area contributed by atoms with E-state index in [4.69, 9.17) is 31.4 Å². The molecule has 9 nitrogen and oxygen atoms in total. The summed E-state index contributed by atoms with van der Waals surface area (Å²) in [6.45, 7) is 3.64. The first-order chi connectivity index (χ1) is 18.0. The molecule has 0 unspecified atom stereocenters. The van der Waals surface area contributed by atoms with Gasteiger partial charge in [0.1, 0.15) is 15.8 Å². The number of fused-ring (bicyclic) bond motifs is 2. The van der Waals surface area contributed by atoms with E-state index in [1.807, 2.05) is 31.2 Å². The number of pyridine rings is 1. The normalized spacial score (nSPS) is 20.0. The molecule has 0 bridgehead atoms. The monoisotopic (exact) mass is 536 g/mol. The van der Waals surface area contributed by atoms with Crippen molar-refractivity contribution in [3.63, 3.8) is 0 Å². The van der Waals surface area contributed by atoms with Gasteiger partial charge in [0, 0.05) is 19.3 Å². The zero-order valence-corrected chi connectivity index (χ0v) is 21.7. The molecule has 0 spiro atoms. The lowest BCUT2D eigenvalue weighted by Crippen LogP contribution is -2.27. The number of thioether (sulfide) groups is 1. The Labute approximate surface area is 222 Å². The number of carbonyl (C=O) groups excluding carboxylic acids is 1. The molecular weight excluding hydrogens is 512 g/mol. The van der Waals surface area contributed by atoms with Gasteiger partial charge in [-0.1, -0.05) is 36.1 Å². The van der Waals surface area contributed by atoms with Gasteiger partial charge in [0.2, 0.25) is 6.79 Å². The number of thiocarbonyl (C=S) groups is 1. The second-order valence-electron chi connectivity index (χ2n) is 9.04. The first-order valence-corrected chi connectivity index (χ1v) is 13.2. The van der Waals surface area contributed by atoms with Crippen LogP contribution in [0, 0.1) is 6.92 Å². The predicted molar refractivity (Wildman–Crippen MR) is 145 cm³/mol. The number of rotatable bonds is 6. The van der Waals surface area contributed by atoms with Gasteiger partial charge < -0.3 is 19.5 Å². The van der Waals surface area contributed by atoms with Crippen molar-refractivity contribution in [1.82, 2.24) is 14.3 Å². The first-order valence-electron chi connectivity index (χ1n) is 12.0. The Morgan fingerprint density at radius 1 is 1.24 bits per heavy atom. The average molecular weight is 537 g/mol. The molecule has 1 amide bonds. The Hall–Kier alpha value is -3.41. The van der Waals surface area contributed by atoms with E-state index in [9.17, 15) is 9.59 Å². The predicted octanol–water partition coefficient (Wildman–Crippen LogP) is 3.72. The van der Waals surface area contributed by atoms with Gasteiger partial charge in [-0.25, -0.2) is 4.98 Å². The molecule has 3 aliphatic rings. The van der Waals surface area contributed by atoms with Crippen LogP contribution >= 0.6 is 24.0 Å². The lowest BCUT2D eigenvalue weighted by molar-refractivity contribution is -0.122. The van der Waals surface area contributed by atoms with E-state index in [2.05, 4.69) is 5.32 Å². The van der Waals surface area contributed by atoms with Crippen molar-refractivity contribution in [3.05, 3.63) is 68.5 Å². The summed E-state index contributed by atoms with van der Waals surface area (Å²) in [5, 5.41) is 3.30. The molecule has 190 valence electrons. The van der Waals surface area contributed by atoms with Crippen molar-refractivity contribution < 1.29 is 19.0 Å². The lowest BCUT2D eigenvalue weighted by atomic mass is 10.2. The molecular formula is C26H24N4O5S2. The summed E-state index contributed by atoms with van der Waals surface area (Å²) in [6.07, 6.45) is 5.31. The van der Waals surface area contributed by atoms with Crippen molar-refractivity contribution >= 4 is 51.7 Å². The van der Waals surface area contributed by atoms with E-state index in [1.165, 1.54) is 21.1 Å². The molecule has 1 atom stereocenters. The van der Waals surface area contributed by atoms with Crippen LogP contribution in [0.4, 0.5) is 5.82 Å². The van der Waals surface area contributed by atoms with Gasteiger partial charge in [0.05, 0.1) is 23.1 Å². The summed E-state index contributed by atoms with van der Waals surface area (Å²) in [7, 11) is 0. The molecule has 0 aliphatic carbocycles.